The predicted octanol–water partition coefficient (Wildman–Crippen LogP) is 4.10. The SMILES string of the molecule is CCOc1ccc(Cl)cc1NC(=O)c1cc2ccccc2c(N=Nc2cc(Cl)c(CC)c(S(=O)(=O)O)c2)c1[O-].[Na+]. The van der Waals surface area contributed by atoms with Crippen LogP contribution in [0.5, 0.6) is 11.5 Å². The summed E-state index contributed by atoms with van der Waals surface area (Å²) in [6, 6.07) is 15.4. The van der Waals surface area contributed by atoms with E-state index in [-0.39, 0.29) is 69.2 Å². The molecule has 0 radical (unpaired) electrons. The van der Waals surface area contributed by atoms with E-state index in [1.165, 1.54) is 18.2 Å². The Labute approximate surface area is 263 Å². The first-order valence-electron chi connectivity index (χ1n) is 11.7. The van der Waals surface area contributed by atoms with Crippen LogP contribution in [-0.4, -0.2) is 25.5 Å². The van der Waals surface area contributed by atoms with Crippen LogP contribution in [0.1, 0.15) is 29.8 Å². The minimum atomic E-state index is -4.60. The van der Waals surface area contributed by atoms with Gasteiger partial charge in [0, 0.05) is 21.0 Å². The van der Waals surface area contributed by atoms with Crippen LogP contribution in [0, 0.1) is 0 Å². The van der Waals surface area contributed by atoms with E-state index in [2.05, 4.69) is 15.5 Å². The third-order valence-electron chi connectivity index (χ3n) is 5.75. The van der Waals surface area contributed by atoms with Crippen molar-refractivity contribution in [3.05, 3.63) is 81.8 Å². The Kier molecular flexibility index (Phi) is 10.6. The average molecular weight is 610 g/mol. The minimum absolute atomic E-state index is 0. The summed E-state index contributed by atoms with van der Waals surface area (Å²) in [6.45, 7) is 3.82. The first-order valence-corrected chi connectivity index (χ1v) is 13.9. The number of anilines is 1. The number of amides is 1. The molecule has 0 aromatic heterocycles. The maximum Gasteiger partial charge on any atom is 1.00 e. The molecule has 0 aliphatic carbocycles. The molecule has 0 aliphatic heterocycles. The van der Waals surface area contributed by atoms with Crippen molar-refractivity contribution in [1.29, 1.82) is 0 Å². The molecule has 0 heterocycles. The number of nitrogens with one attached hydrogen (secondary N) is 1. The Bertz CT molecular complexity index is 1730. The van der Waals surface area contributed by atoms with Crippen molar-refractivity contribution in [2.24, 2.45) is 10.2 Å². The number of fused-ring (bicyclic) bond motifs is 1. The van der Waals surface area contributed by atoms with E-state index in [1.807, 2.05) is 0 Å². The zero-order chi connectivity index (χ0) is 28.3. The Morgan fingerprint density at radius 1 is 1.05 bits per heavy atom. The van der Waals surface area contributed by atoms with Gasteiger partial charge in [0.1, 0.15) is 10.6 Å². The fourth-order valence-corrected chi connectivity index (χ4v) is 5.40. The molecule has 202 valence electrons. The molecule has 1 amide bonds. The molecular formula is C27H22Cl2N3NaO6S. The van der Waals surface area contributed by atoms with E-state index in [1.54, 1.807) is 50.2 Å². The maximum atomic E-state index is 13.5. The van der Waals surface area contributed by atoms with Gasteiger partial charge in [0.05, 0.1) is 23.7 Å². The van der Waals surface area contributed by atoms with E-state index < -0.39 is 26.7 Å². The fourth-order valence-electron chi connectivity index (χ4n) is 3.98. The van der Waals surface area contributed by atoms with Crippen molar-refractivity contribution in [3.8, 4) is 11.5 Å². The molecule has 0 atom stereocenters. The van der Waals surface area contributed by atoms with Gasteiger partial charge in [-0.2, -0.15) is 18.6 Å². The molecule has 0 aliphatic rings. The van der Waals surface area contributed by atoms with Crippen molar-refractivity contribution in [1.82, 2.24) is 0 Å². The fraction of sp³-hybridized carbons (Fsp3) is 0.148. The Balaban J connectivity index is 0.00000441. The summed E-state index contributed by atoms with van der Waals surface area (Å²) in [5.74, 6) is -1.04. The summed E-state index contributed by atoms with van der Waals surface area (Å²) in [6.07, 6.45) is 0.246. The van der Waals surface area contributed by atoms with Gasteiger partial charge in [-0.3, -0.25) is 9.35 Å². The molecule has 9 nitrogen and oxygen atoms in total. The van der Waals surface area contributed by atoms with Gasteiger partial charge < -0.3 is 15.2 Å². The Hall–Kier alpha value is -2.70. The van der Waals surface area contributed by atoms with Crippen molar-refractivity contribution in [2.75, 3.05) is 11.9 Å². The van der Waals surface area contributed by atoms with Crippen LogP contribution in [0.3, 0.4) is 0 Å². The molecule has 40 heavy (non-hydrogen) atoms. The largest absolute Gasteiger partial charge is 1.00 e. The van der Waals surface area contributed by atoms with Crippen LogP contribution < -0.4 is 44.7 Å². The van der Waals surface area contributed by atoms with Gasteiger partial charge in [-0.25, -0.2) is 0 Å². The van der Waals surface area contributed by atoms with Gasteiger partial charge in [0.2, 0.25) is 0 Å². The van der Waals surface area contributed by atoms with Crippen molar-refractivity contribution in [2.45, 2.75) is 25.2 Å². The second-order valence-electron chi connectivity index (χ2n) is 8.28. The number of rotatable bonds is 8. The molecule has 0 unspecified atom stereocenters. The smallest absolute Gasteiger partial charge is 0.870 e. The van der Waals surface area contributed by atoms with Crippen molar-refractivity contribution < 1.29 is 57.2 Å². The number of carbonyl (C=O) groups excluding carboxylic acids is 1. The van der Waals surface area contributed by atoms with Crippen LogP contribution in [-0.2, 0) is 16.5 Å². The molecule has 0 spiro atoms. The molecule has 0 saturated carbocycles. The summed E-state index contributed by atoms with van der Waals surface area (Å²) in [5, 5.41) is 25.7. The monoisotopic (exact) mass is 609 g/mol. The number of hydrogen-bond acceptors (Lipinski definition) is 7. The van der Waals surface area contributed by atoms with Crippen LogP contribution in [0.4, 0.5) is 17.1 Å². The van der Waals surface area contributed by atoms with Gasteiger partial charge in [-0.05, 0) is 60.7 Å². The second kappa shape index (κ2) is 13.3. The number of carbonyl (C=O) groups is 1. The van der Waals surface area contributed by atoms with Gasteiger partial charge >= 0.3 is 29.6 Å². The van der Waals surface area contributed by atoms with Crippen LogP contribution in [0.25, 0.3) is 10.8 Å². The number of hydrogen-bond donors (Lipinski definition) is 2. The summed E-state index contributed by atoms with van der Waals surface area (Å²) in [7, 11) is -4.60. The molecule has 0 saturated heterocycles. The van der Waals surface area contributed by atoms with Gasteiger partial charge in [-0.15, -0.1) is 0 Å². The van der Waals surface area contributed by atoms with Gasteiger partial charge in [0.15, 0.2) is 0 Å². The summed E-state index contributed by atoms with van der Waals surface area (Å²) < 4.78 is 39.0. The van der Waals surface area contributed by atoms with E-state index in [9.17, 15) is 22.9 Å². The molecule has 13 heteroatoms. The molecule has 4 rings (SSSR count). The first-order chi connectivity index (χ1) is 18.5. The zero-order valence-electron chi connectivity index (χ0n) is 21.7. The Morgan fingerprint density at radius 2 is 1.77 bits per heavy atom. The van der Waals surface area contributed by atoms with E-state index in [0.717, 1.165) is 6.07 Å². The molecule has 0 fully saturated rings. The summed E-state index contributed by atoms with van der Waals surface area (Å²) >= 11 is 12.3. The molecule has 4 aromatic carbocycles. The molecule has 4 aromatic rings. The van der Waals surface area contributed by atoms with Gasteiger partial charge in [0.25, 0.3) is 16.0 Å². The molecule has 0 bridgehead atoms. The van der Waals surface area contributed by atoms with E-state index in [4.69, 9.17) is 27.9 Å². The zero-order valence-corrected chi connectivity index (χ0v) is 26.1. The normalized spacial score (nSPS) is 11.4. The standard InChI is InChI=1S/C27H23Cl2N3O6S.Na/c1-3-18-21(29)13-17(14-24(18)39(35,36)37)31-32-25-19-8-6-5-7-15(19)11-20(26(25)33)27(34)30-22-12-16(28)9-10-23(22)38-4-2;/h5-14,33H,3-4H2,1-2H3,(H,30,34)(H,35,36,37);/q;+1/p-1. The van der Waals surface area contributed by atoms with Crippen LogP contribution >= 0.6 is 23.2 Å². The van der Waals surface area contributed by atoms with Crippen molar-refractivity contribution in [3.63, 3.8) is 0 Å². The van der Waals surface area contributed by atoms with Crippen molar-refractivity contribution >= 4 is 67.1 Å². The summed E-state index contributed by atoms with van der Waals surface area (Å²) in [5.41, 5.74) is 0.151. The van der Waals surface area contributed by atoms with Crippen LogP contribution in [0.2, 0.25) is 10.0 Å². The first kappa shape index (κ1) is 31.8. The van der Waals surface area contributed by atoms with Crippen LogP contribution in [0.15, 0.2) is 75.8 Å². The quantitative estimate of drug-likeness (QED) is 0.175. The Morgan fingerprint density at radius 3 is 2.45 bits per heavy atom. The summed E-state index contributed by atoms with van der Waals surface area (Å²) in [4.78, 5) is 12.8. The van der Waals surface area contributed by atoms with E-state index >= 15 is 0 Å². The molecule has 2 N–H and O–H groups in total. The third kappa shape index (κ3) is 6.95. The minimum Gasteiger partial charge on any atom is -0.870 e. The second-order valence-corrected chi connectivity index (χ2v) is 10.5. The van der Waals surface area contributed by atoms with Gasteiger partial charge in [-0.1, -0.05) is 60.1 Å². The van der Waals surface area contributed by atoms with E-state index in [0.29, 0.717) is 28.2 Å². The number of nitrogens with zero attached hydrogens (tertiary/aromatic N) is 2. The average Bonchev–Trinajstić information content (AvgIpc) is 2.88. The third-order valence-corrected chi connectivity index (χ3v) is 7.24. The predicted molar refractivity (Wildman–Crippen MR) is 149 cm³/mol. The number of azo groups is 1. The number of halogens is 2. The number of ether oxygens (including phenoxy) is 1. The molecular weight excluding hydrogens is 588 g/mol. The number of benzene rings is 4. The maximum absolute atomic E-state index is 13.5. The topological polar surface area (TPSA) is 140 Å².